The van der Waals surface area contributed by atoms with Crippen LogP contribution in [0.2, 0.25) is 0 Å². The first-order valence-corrected chi connectivity index (χ1v) is 4.87. The van der Waals surface area contributed by atoms with Crippen LogP contribution in [0.15, 0.2) is 12.1 Å². The van der Waals surface area contributed by atoms with Crippen molar-refractivity contribution in [3.05, 3.63) is 17.7 Å². The van der Waals surface area contributed by atoms with Gasteiger partial charge in [-0.25, -0.2) is 4.98 Å². The van der Waals surface area contributed by atoms with E-state index < -0.39 is 11.7 Å². The molecular weight excluding hydrogens is 219 g/mol. The molecule has 0 amide bonds. The first-order valence-electron chi connectivity index (χ1n) is 4.87. The SMILES string of the molecule is CC(C)CNc1cc(C(F)(F)F)cc(N)n1. The number of halogens is 3. The van der Waals surface area contributed by atoms with Crippen LogP contribution in [0.3, 0.4) is 0 Å². The van der Waals surface area contributed by atoms with Gasteiger partial charge < -0.3 is 11.1 Å². The number of nitrogens with one attached hydrogen (secondary N) is 1. The summed E-state index contributed by atoms with van der Waals surface area (Å²) < 4.78 is 37.3. The first kappa shape index (κ1) is 12.6. The van der Waals surface area contributed by atoms with Crippen LogP contribution in [0.5, 0.6) is 0 Å². The van der Waals surface area contributed by atoms with E-state index in [1.165, 1.54) is 0 Å². The van der Waals surface area contributed by atoms with Crippen molar-refractivity contribution in [3.8, 4) is 0 Å². The lowest BCUT2D eigenvalue weighted by Crippen LogP contribution is -2.12. The largest absolute Gasteiger partial charge is 0.416 e. The van der Waals surface area contributed by atoms with Crippen molar-refractivity contribution in [2.24, 2.45) is 5.92 Å². The summed E-state index contributed by atoms with van der Waals surface area (Å²) in [5.74, 6) is 0.333. The molecule has 90 valence electrons. The van der Waals surface area contributed by atoms with E-state index in [0.29, 0.717) is 12.5 Å². The van der Waals surface area contributed by atoms with Crippen molar-refractivity contribution in [1.82, 2.24) is 4.98 Å². The molecule has 16 heavy (non-hydrogen) atoms. The Morgan fingerprint density at radius 2 is 2.00 bits per heavy atom. The van der Waals surface area contributed by atoms with Gasteiger partial charge in [0.2, 0.25) is 0 Å². The Morgan fingerprint density at radius 1 is 1.38 bits per heavy atom. The van der Waals surface area contributed by atoms with E-state index in [0.717, 1.165) is 12.1 Å². The Morgan fingerprint density at radius 3 is 2.50 bits per heavy atom. The zero-order valence-electron chi connectivity index (χ0n) is 9.10. The maximum Gasteiger partial charge on any atom is 0.416 e. The van der Waals surface area contributed by atoms with Crippen molar-refractivity contribution >= 4 is 11.6 Å². The molecule has 0 bridgehead atoms. The van der Waals surface area contributed by atoms with E-state index in [2.05, 4.69) is 10.3 Å². The molecule has 0 aliphatic heterocycles. The Hall–Kier alpha value is -1.46. The highest BCUT2D eigenvalue weighted by molar-refractivity contribution is 5.47. The highest BCUT2D eigenvalue weighted by atomic mass is 19.4. The maximum absolute atomic E-state index is 12.4. The van der Waals surface area contributed by atoms with Crippen LogP contribution in [0.4, 0.5) is 24.8 Å². The number of nitrogen functional groups attached to an aromatic ring is 1. The van der Waals surface area contributed by atoms with Gasteiger partial charge in [-0.3, -0.25) is 0 Å². The van der Waals surface area contributed by atoms with Crippen LogP contribution >= 0.6 is 0 Å². The van der Waals surface area contributed by atoms with Gasteiger partial charge in [0.1, 0.15) is 11.6 Å². The molecule has 0 atom stereocenters. The zero-order valence-corrected chi connectivity index (χ0v) is 9.10. The predicted molar refractivity (Wildman–Crippen MR) is 57.0 cm³/mol. The van der Waals surface area contributed by atoms with Crippen LogP contribution in [0.25, 0.3) is 0 Å². The summed E-state index contributed by atoms with van der Waals surface area (Å²) in [7, 11) is 0. The number of alkyl halides is 3. The van der Waals surface area contributed by atoms with E-state index in [9.17, 15) is 13.2 Å². The van der Waals surface area contributed by atoms with Crippen molar-refractivity contribution < 1.29 is 13.2 Å². The molecule has 1 aromatic heterocycles. The standard InChI is InChI=1S/C10H14F3N3/c1-6(2)5-15-9-4-7(10(11,12)13)3-8(14)16-9/h3-4,6H,5H2,1-2H3,(H3,14,15,16). The molecule has 0 aliphatic rings. The molecule has 0 unspecified atom stereocenters. The van der Waals surface area contributed by atoms with Crippen LogP contribution in [0, 0.1) is 5.92 Å². The molecule has 0 radical (unpaired) electrons. The Balaban J connectivity index is 2.90. The van der Waals surface area contributed by atoms with Gasteiger partial charge in [-0.15, -0.1) is 0 Å². The third kappa shape index (κ3) is 3.60. The van der Waals surface area contributed by atoms with Gasteiger partial charge in [0.05, 0.1) is 5.56 Å². The fourth-order valence-electron chi connectivity index (χ4n) is 1.11. The normalized spacial score (nSPS) is 11.9. The fourth-order valence-corrected chi connectivity index (χ4v) is 1.11. The second-order valence-electron chi connectivity index (χ2n) is 3.94. The monoisotopic (exact) mass is 233 g/mol. The number of hydrogen-bond acceptors (Lipinski definition) is 3. The molecular formula is C10H14F3N3. The first-order chi connectivity index (χ1) is 7.29. The topological polar surface area (TPSA) is 50.9 Å². The fraction of sp³-hybridized carbons (Fsp3) is 0.500. The van der Waals surface area contributed by atoms with E-state index in [4.69, 9.17) is 5.73 Å². The minimum absolute atomic E-state index is 0.138. The van der Waals surface area contributed by atoms with Gasteiger partial charge in [-0.2, -0.15) is 13.2 Å². The van der Waals surface area contributed by atoms with Gasteiger partial charge in [0, 0.05) is 6.54 Å². The Kier molecular flexibility index (Phi) is 3.62. The summed E-state index contributed by atoms with van der Waals surface area (Å²) in [6.45, 7) is 4.45. The van der Waals surface area contributed by atoms with Crippen LogP contribution in [0.1, 0.15) is 19.4 Å². The number of nitrogens with zero attached hydrogens (tertiary/aromatic N) is 1. The van der Waals surface area contributed by atoms with Gasteiger partial charge >= 0.3 is 6.18 Å². The lowest BCUT2D eigenvalue weighted by molar-refractivity contribution is -0.137. The van der Waals surface area contributed by atoms with Crippen molar-refractivity contribution in [1.29, 1.82) is 0 Å². The number of aromatic nitrogens is 1. The third-order valence-electron chi connectivity index (χ3n) is 1.86. The second-order valence-corrected chi connectivity index (χ2v) is 3.94. The molecule has 1 rings (SSSR count). The van der Waals surface area contributed by atoms with E-state index in [1.54, 1.807) is 0 Å². The predicted octanol–water partition coefficient (Wildman–Crippen LogP) is 2.75. The third-order valence-corrected chi connectivity index (χ3v) is 1.86. The number of anilines is 2. The van der Waals surface area contributed by atoms with Crippen LogP contribution in [-0.4, -0.2) is 11.5 Å². The van der Waals surface area contributed by atoms with Gasteiger partial charge in [-0.05, 0) is 18.1 Å². The van der Waals surface area contributed by atoms with Gasteiger partial charge in [0.25, 0.3) is 0 Å². The molecule has 0 aliphatic carbocycles. The van der Waals surface area contributed by atoms with Gasteiger partial charge in [-0.1, -0.05) is 13.8 Å². The molecule has 0 fully saturated rings. The highest BCUT2D eigenvalue weighted by Gasteiger charge is 2.31. The number of nitrogens with two attached hydrogens (primary N) is 1. The summed E-state index contributed by atoms with van der Waals surface area (Å²) in [6.07, 6.45) is -4.40. The lowest BCUT2D eigenvalue weighted by Gasteiger charge is -2.12. The molecule has 0 spiro atoms. The lowest BCUT2D eigenvalue weighted by atomic mass is 10.2. The van der Waals surface area contributed by atoms with Crippen LogP contribution in [-0.2, 0) is 6.18 Å². The van der Waals surface area contributed by atoms with Crippen molar-refractivity contribution in [2.75, 3.05) is 17.6 Å². The quantitative estimate of drug-likeness (QED) is 0.844. The zero-order chi connectivity index (χ0) is 12.3. The summed E-state index contributed by atoms with van der Waals surface area (Å²) in [6, 6.07) is 1.78. The average molecular weight is 233 g/mol. The minimum Gasteiger partial charge on any atom is -0.384 e. The summed E-state index contributed by atoms with van der Waals surface area (Å²) in [4.78, 5) is 3.79. The average Bonchev–Trinajstić information content (AvgIpc) is 2.12. The summed E-state index contributed by atoms with van der Waals surface area (Å²) in [5.41, 5.74) is 4.53. The van der Waals surface area contributed by atoms with E-state index in [-0.39, 0.29) is 11.6 Å². The molecule has 0 saturated heterocycles. The number of rotatable bonds is 3. The summed E-state index contributed by atoms with van der Waals surface area (Å²) >= 11 is 0. The molecule has 0 saturated carbocycles. The minimum atomic E-state index is -4.40. The maximum atomic E-state index is 12.4. The van der Waals surface area contributed by atoms with Crippen LogP contribution < -0.4 is 11.1 Å². The molecule has 0 aromatic carbocycles. The molecule has 6 heteroatoms. The number of hydrogen-bond donors (Lipinski definition) is 2. The van der Waals surface area contributed by atoms with E-state index >= 15 is 0 Å². The Bertz CT molecular complexity index is 361. The van der Waals surface area contributed by atoms with Crippen molar-refractivity contribution in [3.63, 3.8) is 0 Å². The molecule has 3 nitrogen and oxygen atoms in total. The highest BCUT2D eigenvalue weighted by Crippen LogP contribution is 2.31. The molecule has 1 aromatic rings. The van der Waals surface area contributed by atoms with Crippen molar-refractivity contribution in [2.45, 2.75) is 20.0 Å². The smallest absolute Gasteiger partial charge is 0.384 e. The molecule has 3 N–H and O–H groups in total. The number of pyridine rings is 1. The summed E-state index contributed by atoms with van der Waals surface area (Å²) in [5, 5.41) is 2.81. The van der Waals surface area contributed by atoms with E-state index in [1.807, 2.05) is 13.8 Å². The van der Waals surface area contributed by atoms with Gasteiger partial charge in [0.15, 0.2) is 0 Å². The molecule has 1 heterocycles. The second kappa shape index (κ2) is 4.59. The Labute approximate surface area is 91.9 Å².